The smallest absolute Gasteiger partial charge is 0.284 e. The number of hydrogen-bond donors (Lipinski definition) is 1. The van der Waals surface area contributed by atoms with Crippen molar-refractivity contribution in [3.05, 3.63) is 54.1 Å². The number of amidine groups is 1. The predicted octanol–water partition coefficient (Wildman–Crippen LogP) is 3.52. The molecule has 0 aliphatic rings. The van der Waals surface area contributed by atoms with Gasteiger partial charge in [0, 0.05) is 5.69 Å². The van der Waals surface area contributed by atoms with Crippen LogP contribution in [0.1, 0.15) is 5.56 Å². The van der Waals surface area contributed by atoms with Crippen LogP contribution in [0.5, 0.6) is 5.75 Å². The van der Waals surface area contributed by atoms with Gasteiger partial charge in [-0.2, -0.15) is 8.42 Å². The Kier molecular flexibility index (Phi) is 5.68. The van der Waals surface area contributed by atoms with Gasteiger partial charge >= 0.3 is 0 Å². The number of hydrogen-bond acceptors (Lipinski definition) is 4. The van der Waals surface area contributed by atoms with Crippen LogP contribution in [0.4, 0.5) is 5.69 Å². The first kappa shape index (κ1) is 17.4. The molecular formula is C16H18N2O3S2. The van der Waals surface area contributed by atoms with Crippen molar-refractivity contribution in [3.8, 4) is 5.75 Å². The van der Waals surface area contributed by atoms with Crippen LogP contribution >= 0.6 is 11.8 Å². The third-order valence-corrected chi connectivity index (χ3v) is 5.04. The van der Waals surface area contributed by atoms with E-state index >= 15 is 0 Å². The minimum Gasteiger partial charge on any atom is -0.497 e. The Hall–Kier alpha value is -1.99. The Morgan fingerprint density at radius 2 is 1.70 bits per heavy atom. The van der Waals surface area contributed by atoms with Crippen molar-refractivity contribution in [3.63, 3.8) is 0 Å². The van der Waals surface area contributed by atoms with Crippen LogP contribution in [0, 0.1) is 6.92 Å². The third-order valence-electron chi connectivity index (χ3n) is 3.06. The molecule has 0 unspecified atom stereocenters. The van der Waals surface area contributed by atoms with Gasteiger partial charge < -0.3 is 10.1 Å². The lowest BCUT2D eigenvalue weighted by Crippen LogP contribution is -2.11. The van der Waals surface area contributed by atoms with Gasteiger partial charge in [0.2, 0.25) is 0 Å². The number of rotatable bonds is 4. The highest BCUT2D eigenvalue weighted by Crippen LogP contribution is 2.19. The standard InChI is InChI=1S/C16H18N2O3S2/c1-12-4-10-15(11-5-12)23(19,20)18-16(22-3)17-13-6-8-14(21-2)9-7-13/h4-11H,1-3H3,(H,17,18). The van der Waals surface area contributed by atoms with Crippen LogP contribution in [0.25, 0.3) is 0 Å². The summed E-state index contributed by atoms with van der Waals surface area (Å²) in [6, 6.07) is 13.8. The van der Waals surface area contributed by atoms with Crippen LogP contribution in [-0.4, -0.2) is 27.0 Å². The zero-order chi connectivity index (χ0) is 16.9. The average molecular weight is 350 g/mol. The summed E-state index contributed by atoms with van der Waals surface area (Å²) in [7, 11) is -2.15. The van der Waals surface area contributed by atoms with Crippen molar-refractivity contribution >= 4 is 32.6 Å². The largest absolute Gasteiger partial charge is 0.497 e. The highest BCUT2D eigenvalue weighted by Gasteiger charge is 2.14. The number of ether oxygens (including phenoxy) is 1. The fraction of sp³-hybridized carbons (Fsp3) is 0.188. The molecule has 0 amide bonds. The molecule has 0 saturated heterocycles. The maximum absolute atomic E-state index is 12.3. The number of methoxy groups -OCH3 is 1. The van der Waals surface area contributed by atoms with Crippen molar-refractivity contribution in [2.24, 2.45) is 4.40 Å². The van der Waals surface area contributed by atoms with Gasteiger partial charge in [-0.25, -0.2) is 0 Å². The average Bonchev–Trinajstić information content (AvgIpc) is 2.55. The summed E-state index contributed by atoms with van der Waals surface area (Å²) in [6.45, 7) is 1.90. The molecule has 0 aromatic heterocycles. The minimum absolute atomic E-state index is 0.172. The van der Waals surface area contributed by atoms with Crippen molar-refractivity contribution in [1.82, 2.24) is 0 Å². The summed E-state index contributed by atoms with van der Waals surface area (Å²) in [5.41, 5.74) is 1.73. The fourth-order valence-corrected chi connectivity index (χ4v) is 3.44. The monoisotopic (exact) mass is 350 g/mol. The number of sulfonamides is 1. The molecule has 0 heterocycles. The molecule has 0 atom stereocenters. The summed E-state index contributed by atoms with van der Waals surface area (Å²) in [5, 5.41) is 3.30. The number of benzene rings is 2. The van der Waals surface area contributed by atoms with E-state index in [0.717, 1.165) is 17.0 Å². The van der Waals surface area contributed by atoms with Gasteiger partial charge in [0.05, 0.1) is 12.0 Å². The molecule has 0 aliphatic carbocycles. The van der Waals surface area contributed by atoms with E-state index in [1.807, 2.05) is 6.92 Å². The molecule has 122 valence electrons. The van der Waals surface area contributed by atoms with E-state index in [2.05, 4.69) is 9.71 Å². The highest BCUT2D eigenvalue weighted by atomic mass is 32.2. The second-order valence-electron chi connectivity index (χ2n) is 4.74. The summed E-state index contributed by atoms with van der Waals surface area (Å²) in [5.74, 6) is 0.727. The lowest BCUT2D eigenvalue weighted by Gasteiger charge is -2.08. The second-order valence-corrected chi connectivity index (χ2v) is 7.14. The maximum Gasteiger partial charge on any atom is 0.284 e. The van der Waals surface area contributed by atoms with Crippen molar-refractivity contribution in [2.75, 3.05) is 18.7 Å². The molecule has 0 fully saturated rings. The molecule has 23 heavy (non-hydrogen) atoms. The first-order chi connectivity index (χ1) is 10.9. The Balaban J connectivity index is 2.24. The molecule has 1 N–H and O–H groups in total. The van der Waals surface area contributed by atoms with Crippen LogP contribution < -0.4 is 10.1 Å². The van der Waals surface area contributed by atoms with E-state index in [0.29, 0.717) is 5.17 Å². The molecule has 0 aliphatic heterocycles. The van der Waals surface area contributed by atoms with Gasteiger partial charge in [0.15, 0.2) is 5.17 Å². The van der Waals surface area contributed by atoms with Gasteiger partial charge in [-0.1, -0.05) is 29.5 Å². The maximum atomic E-state index is 12.3. The molecule has 2 aromatic rings. The summed E-state index contributed by atoms with van der Waals surface area (Å²) >= 11 is 1.23. The Morgan fingerprint density at radius 3 is 2.22 bits per heavy atom. The van der Waals surface area contributed by atoms with E-state index in [9.17, 15) is 8.42 Å². The van der Waals surface area contributed by atoms with Crippen molar-refractivity contribution in [1.29, 1.82) is 0 Å². The van der Waals surface area contributed by atoms with Crippen LogP contribution in [0.3, 0.4) is 0 Å². The number of anilines is 1. The van der Waals surface area contributed by atoms with E-state index in [1.165, 1.54) is 11.8 Å². The molecular weight excluding hydrogens is 332 g/mol. The topological polar surface area (TPSA) is 67.8 Å². The van der Waals surface area contributed by atoms with Crippen molar-refractivity contribution in [2.45, 2.75) is 11.8 Å². The highest BCUT2D eigenvalue weighted by molar-refractivity contribution is 8.14. The Bertz CT molecular complexity index is 783. The molecule has 2 rings (SSSR count). The van der Waals surface area contributed by atoms with Crippen LogP contribution in [-0.2, 0) is 10.0 Å². The quantitative estimate of drug-likeness (QED) is 0.675. The third kappa shape index (κ3) is 4.74. The summed E-state index contributed by atoms with van der Waals surface area (Å²) < 4.78 is 33.6. The van der Waals surface area contributed by atoms with E-state index in [-0.39, 0.29) is 4.90 Å². The van der Waals surface area contributed by atoms with Gasteiger partial charge in [0.25, 0.3) is 10.0 Å². The first-order valence-corrected chi connectivity index (χ1v) is 9.48. The second kappa shape index (κ2) is 7.52. The van der Waals surface area contributed by atoms with E-state index in [4.69, 9.17) is 4.74 Å². The van der Waals surface area contributed by atoms with Crippen LogP contribution in [0.15, 0.2) is 57.8 Å². The first-order valence-electron chi connectivity index (χ1n) is 6.81. The molecule has 5 nitrogen and oxygen atoms in total. The molecule has 0 bridgehead atoms. The van der Waals surface area contributed by atoms with Crippen LogP contribution in [0.2, 0.25) is 0 Å². The molecule has 7 heteroatoms. The SMILES string of the molecule is COc1ccc(NC(=NS(=O)(=O)c2ccc(C)cc2)SC)cc1. The Morgan fingerprint density at radius 1 is 1.09 bits per heavy atom. The fourth-order valence-electron chi connectivity index (χ4n) is 1.78. The normalized spacial score (nSPS) is 12.0. The number of aryl methyl sites for hydroxylation is 1. The molecule has 2 aromatic carbocycles. The molecule has 0 saturated carbocycles. The number of nitrogens with zero attached hydrogens (tertiary/aromatic N) is 1. The lowest BCUT2D eigenvalue weighted by atomic mass is 10.2. The molecule has 0 spiro atoms. The van der Waals surface area contributed by atoms with E-state index in [1.54, 1.807) is 61.9 Å². The zero-order valence-corrected chi connectivity index (χ0v) is 14.7. The number of thioether (sulfide) groups is 1. The van der Waals surface area contributed by atoms with Gasteiger partial charge in [0.1, 0.15) is 5.75 Å². The lowest BCUT2D eigenvalue weighted by molar-refractivity contribution is 0.415. The van der Waals surface area contributed by atoms with Gasteiger partial charge in [-0.05, 0) is 49.6 Å². The zero-order valence-electron chi connectivity index (χ0n) is 13.1. The van der Waals surface area contributed by atoms with Crippen molar-refractivity contribution < 1.29 is 13.2 Å². The number of nitrogens with one attached hydrogen (secondary N) is 1. The van der Waals surface area contributed by atoms with Gasteiger partial charge in [-0.3, -0.25) is 0 Å². The van der Waals surface area contributed by atoms with Gasteiger partial charge in [-0.15, -0.1) is 4.40 Å². The minimum atomic E-state index is -3.74. The summed E-state index contributed by atoms with van der Waals surface area (Å²) in [4.78, 5) is 0.172. The predicted molar refractivity (Wildman–Crippen MR) is 95.9 cm³/mol. The molecule has 0 radical (unpaired) electrons. The Labute approximate surface area is 140 Å². The van der Waals surface area contributed by atoms with E-state index < -0.39 is 10.0 Å². The summed E-state index contributed by atoms with van der Waals surface area (Å²) in [6.07, 6.45) is 1.76.